The smallest absolute Gasteiger partial charge is 0.253 e. The number of amides is 2. The molecule has 1 atom stereocenters. The SMILES string of the molecule is Cn1cc(N2CC[C@]3(CCN(C(=O)c4ccc(F)cc4)C3)C2=O)cn1. The number of halogens is 1. The molecule has 2 aromatic rings. The fourth-order valence-corrected chi connectivity index (χ4v) is 3.81. The number of hydrogen-bond donors (Lipinski definition) is 0. The third kappa shape index (κ3) is 2.59. The summed E-state index contributed by atoms with van der Waals surface area (Å²) in [4.78, 5) is 29.1. The molecule has 25 heavy (non-hydrogen) atoms. The van der Waals surface area contributed by atoms with E-state index in [1.165, 1.54) is 24.3 Å². The van der Waals surface area contributed by atoms with Crippen molar-refractivity contribution in [3.8, 4) is 0 Å². The summed E-state index contributed by atoms with van der Waals surface area (Å²) >= 11 is 0. The fourth-order valence-electron chi connectivity index (χ4n) is 3.81. The van der Waals surface area contributed by atoms with Crippen molar-refractivity contribution < 1.29 is 14.0 Å². The number of carbonyl (C=O) groups excluding carboxylic acids is 2. The number of aromatic nitrogens is 2. The zero-order valence-corrected chi connectivity index (χ0v) is 14.0. The van der Waals surface area contributed by atoms with Crippen LogP contribution in [0, 0.1) is 11.2 Å². The molecular weight excluding hydrogens is 323 g/mol. The molecule has 3 heterocycles. The van der Waals surface area contributed by atoms with Gasteiger partial charge in [-0.05, 0) is 37.1 Å². The molecule has 2 saturated heterocycles. The predicted molar refractivity (Wildman–Crippen MR) is 89.5 cm³/mol. The van der Waals surface area contributed by atoms with E-state index in [1.54, 1.807) is 20.7 Å². The minimum atomic E-state index is -0.508. The van der Waals surface area contributed by atoms with E-state index in [9.17, 15) is 14.0 Å². The van der Waals surface area contributed by atoms with Crippen molar-refractivity contribution >= 4 is 17.5 Å². The van der Waals surface area contributed by atoms with Gasteiger partial charge in [0, 0.05) is 38.4 Å². The zero-order chi connectivity index (χ0) is 17.6. The summed E-state index contributed by atoms with van der Waals surface area (Å²) in [7, 11) is 1.82. The van der Waals surface area contributed by atoms with Crippen LogP contribution in [0.4, 0.5) is 10.1 Å². The van der Waals surface area contributed by atoms with E-state index in [2.05, 4.69) is 5.10 Å². The molecule has 0 aliphatic carbocycles. The highest BCUT2D eigenvalue weighted by molar-refractivity contribution is 6.01. The Bertz CT molecular complexity index is 832. The highest BCUT2D eigenvalue weighted by atomic mass is 19.1. The molecule has 0 N–H and O–H groups in total. The largest absolute Gasteiger partial charge is 0.338 e. The number of nitrogens with zero attached hydrogens (tertiary/aromatic N) is 4. The molecule has 2 aliphatic rings. The Hall–Kier alpha value is -2.70. The van der Waals surface area contributed by atoms with Crippen molar-refractivity contribution in [3.05, 3.63) is 48.0 Å². The van der Waals surface area contributed by atoms with Gasteiger partial charge in [-0.15, -0.1) is 0 Å². The average molecular weight is 342 g/mol. The molecule has 2 fully saturated rings. The Balaban J connectivity index is 1.51. The van der Waals surface area contributed by atoms with E-state index in [-0.39, 0.29) is 17.6 Å². The van der Waals surface area contributed by atoms with Crippen molar-refractivity contribution in [2.75, 3.05) is 24.5 Å². The van der Waals surface area contributed by atoms with Crippen LogP contribution in [0.2, 0.25) is 0 Å². The molecule has 7 heteroatoms. The van der Waals surface area contributed by atoms with Crippen molar-refractivity contribution in [2.24, 2.45) is 12.5 Å². The second kappa shape index (κ2) is 5.68. The lowest BCUT2D eigenvalue weighted by atomic mass is 9.85. The van der Waals surface area contributed by atoms with Gasteiger partial charge in [0.05, 0.1) is 17.3 Å². The first-order valence-electron chi connectivity index (χ1n) is 8.34. The van der Waals surface area contributed by atoms with Crippen LogP contribution in [0.15, 0.2) is 36.7 Å². The van der Waals surface area contributed by atoms with Crippen LogP contribution in [0.1, 0.15) is 23.2 Å². The molecule has 1 aromatic carbocycles. The van der Waals surface area contributed by atoms with Crippen LogP contribution < -0.4 is 4.90 Å². The first-order chi connectivity index (χ1) is 12.0. The van der Waals surface area contributed by atoms with E-state index in [1.807, 2.05) is 13.2 Å². The molecule has 0 radical (unpaired) electrons. The molecule has 0 unspecified atom stereocenters. The van der Waals surface area contributed by atoms with E-state index in [4.69, 9.17) is 0 Å². The van der Waals surface area contributed by atoms with Crippen LogP contribution in [-0.4, -0.2) is 46.1 Å². The summed E-state index contributed by atoms with van der Waals surface area (Å²) in [6.45, 7) is 1.60. The molecule has 2 amide bonds. The van der Waals surface area contributed by atoms with Crippen LogP contribution in [0.5, 0.6) is 0 Å². The van der Waals surface area contributed by atoms with Gasteiger partial charge >= 0.3 is 0 Å². The van der Waals surface area contributed by atoms with E-state index >= 15 is 0 Å². The maximum atomic E-state index is 13.0. The van der Waals surface area contributed by atoms with Gasteiger partial charge in [-0.25, -0.2) is 4.39 Å². The van der Waals surface area contributed by atoms with Gasteiger partial charge in [-0.2, -0.15) is 5.10 Å². The number of aryl methyl sites for hydroxylation is 1. The first kappa shape index (κ1) is 15.8. The highest BCUT2D eigenvalue weighted by Crippen LogP contribution is 2.42. The van der Waals surface area contributed by atoms with Crippen molar-refractivity contribution in [1.82, 2.24) is 14.7 Å². The molecule has 0 bridgehead atoms. The third-order valence-electron chi connectivity index (χ3n) is 5.25. The van der Waals surface area contributed by atoms with Gasteiger partial charge in [0.1, 0.15) is 5.82 Å². The lowest BCUT2D eigenvalue weighted by Crippen LogP contribution is -2.38. The second-order valence-corrected chi connectivity index (χ2v) is 6.84. The Morgan fingerprint density at radius 3 is 2.60 bits per heavy atom. The quantitative estimate of drug-likeness (QED) is 0.837. The molecule has 0 saturated carbocycles. The van der Waals surface area contributed by atoms with Gasteiger partial charge in [0.2, 0.25) is 5.91 Å². The maximum Gasteiger partial charge on any atom is 0.253 e. The van der Waals surface area contributed by atoms with E-state index in [0.717, 1.165) is 12.1 Å². The highest BCUT2D eigenvalue weighted by Gasteiger charge is 2.52. The lowest BCUT2D eigenvalue weighted by Gasteiger charge is -2.23. The normalized spacial score (nSPS) is 23.0. The number of likely N-dealkylation sites (tertiary alicyclic amines) is 1. The lowest BCUT2D eigenvalue weighted by molar-refractivity contribution is -0.124. The molecule has 6 nitrogen and oxygen atoms in total. The van der Waals surface area contributed by atoms with Gasteiger partial charge in [-0.1, -0.05) is 0 Å². The Labute approximate surface area is 144 Å². The van der Waals surface area contributed by atoms with Gasteiger partial charge in [-0.3, -0.25) is 14.3 Å². The second-order valence-electron chi connectivity index (χ2n) is 6.84. The van der Waals surface area contributed by atoms with Crippen LogP contribution in [0.3, 0.4) is 0 Å². The summed E-state index contributed by atoms with van der Waals surface area (Å²) < 4.78 is 14.7. The fraction of sp³-hybridized carbons (Fsp3) is 0.389. The number of anilines is 1. The monoisotopic (exact) mass is 342 g/mol. The van der Waals surface area contributed by atoms with Crippen molar-refractivity contribution in [1.29, 1.82) is 0 Å². The topological polar surface area (TPSA) is 58.4 Å². The zero-order valence-electron chi connectivity index (χ0n) is 14.0. The summed E-state index contributed by atoms with van der Waals surface area (Å²) in [5.74, 6) is -0.452. The predicted octanol–water partition coefficient (Wildman–Crippen LogP) is 1.83. The van der Waals surface area contributed by atoms with Crippen molar-refractivity contribution in [3.63, 3.8) is 0 Å². The van der Waals surface area contributed by atoms with Gasteiger partial charge in [0.15, 0.2) is 0 Å². The minimum Gasteiger partial charge on any atom is -0.338 e. The maximum absolute atomic E-state index is 13.0. The van der Waals surface area contributed by atoms with Crippen LogP contribution in [0.25, 0.3) is 0 Å². The van der Waals surface area contributed by atoms with Crippen LogP contribution in [-0.2, 0) is 11.8 Å². The standard InChI is InChI=1S/C18H19FN4O2/c1-21-11-15(10-20-21)23-9-7-18(17(23)25)6-8-22(12-18)16(24)13-2-4-14(19)5-3-13/h2-5,10-11H,6-9,12H2,1H3/t18-/m0/s1. The number of rotatable bonds is 2. The number of hydrogen-bond acceptors (Lipinski definition) is 3. The van der Waals surface area contributed by atoms with Gasteiger partial charge < -0.3 is 9.80 Å². The molecular formula is C18H19FN4O2. The molecule has 1 aromatic heterocycles. The summed E-state index contributed by atoms with van der Waals surface area (Å²) in [5, 5.41) is 4.13. The third-order valence-corrected chi connectivity index (χ3v) is 5.25. The summed E-state index contributed by atoms with van der Waals surface area (Å²) in [5.41, 5.74) is 0.742. The van der Waals surface area contributed by atoms with E-state index < -0.39 is 5.41 Å². The van der Waals surface area contributed by atoms with Gasteiger partial charge in [0.25, 0.3) is 5.91 Å². The molecule has 1 spiro atoms. The minimum absolute atomic E-state index is 0.0647. The van der Waals surface area contributed by atoms with E-state index in [0.29, 0.717) is 31.6 Å². The Morgan fingerprint density at radius 1 is 1.20 bits per heavy atom. The average Bonchev–Trinajstić information content (AvgIpc) is 3.30. The Kier molecular flexibility index (Phi) is 3.59. The van der Waals surface area contributed by atoms with Crippen LogP contribution >= 0.6 is 0 Å². The summed E-state index contributed by atoms with van der Waals surface area (Å²) in [6, 6.07) is 5.54. The Morgan fingerprint density at radius 2 is 1.92 bits per heavy atom. The number of carbonyl (C=O) groups is 2. The molecule has 130 valence electrons. The molecule has 4 rings (SSSR count). The first-order valence-corrected chi connectivity index (χ1v) is 8.34. The summed E-state index contributed by atoms with van der Waals surface area (Å²) in [6.07, 6.45) is 4.91. The number of benzene rings is 1. The molecule has 2 aliphatic heterocycles. The van der Waals surface area contributed by atoms with Crippen molar-refractivity contribution in [2.45, 2.75) is 12.8 Å².